The van der Waals surface area contributed by atoms with E-state index in [4.69, 9.17) is 8.94 Å². The van der Waals surface area contributed by atoms with Gasteiger partial charge in [-0.2, -0.15) is 4.68 Å². The summed E-state index contributed by atoms with van der Waals surface area (Å²) in [6.45, 7) is 3.86. The maximum absolute atomic E-state index is 5.91. The molecule has 0 saturated heterocycles. The van der Waals surface area contributed by atoms with Gasteiger partial charge in [0.05, 0.1) is 11.4 Å². The highest BCUT2D eigenvalue weighted by Gasteiger charge is 2.22. The first-order valence-corrected chi connectivity index (χ1v) is 10.5. The molecule has 0 N–H and O–H groups in total. The maximum Gasteiger partial charge on any atom is 0.253 e. The number of benzene rings is 2. The van der Waals surface area contributed by atoms with Gasteiger partial charge in [-0.25, -0.2) is 0 Å². The van der Waals surface area contributed by atoms with Crippen molar-refractivity contribution in [2.24, 2.45) is 0 Å². The molecule has 5 aromatic rings. The molecule has 0 amide bonds. The molecule has 0 spiro atoms. The Bertz CT molecular complexity index is 1310. The minimum Gasteiger partial charge on any atom is -0.420 e. The molecule has 31 heavy (non-hydrogen) atoms. The summed E-state index contributed by atoms with van der Waals surface area (Å²) in [4.78, 5) is 0. The van der Waals surface area contributed by atoms with Gasteiger partial charge in [0.2, 0.25) is 11.0 Å². The fourth-order valence-corrected chi connectivity index (χ4v) is 3.80. The highest BCUT2D eigenvalue weighted by atomic mass is 32.2. The molecule has 0 aliphatic carbocycles. The van der Waals surface area contributed by atoms with Gasteiger partial charge >= 0.3 is 0 Å². The van der Waals surface area contributed by atoms with Crippen molar-refractivity contribution in [2.45, 2.75) is 24.8 Å². The topological polar surface area (TPSA) is 109 Å². The van der Waals surface area contributed by atoms with Gasteiger partial charge in [-0.3, -0.25) is 0 Å². The molecule has 0 saturated carbocycles. The summed E-state index contributed by atoms with van der Waals surface area (Å²) >= 11 is 1.41. The number of nitrogens with zero attached hydrogens (tertiary/aromatic N) is 7. The highest BCUT2D eigenvalue weighted by molar-refractivity contribution is 7.98. The lowest BCUT2D eigenvalue weighted by Crippen LogP contribution is -1.99. The number of tetrazole rings is 1. The Labute approximate surface area is 181 Å². The number of hydrogen-bond donors (Lipinski definition) is 0. The summed E-state index contributed by atoms with van der Waals surface area (Å²) in [6.07, 6.45) is 0. The second-order valence-corrected chi connectivity index (χ2v) is 7.77. The molecule has 0 atom stereocenters. The van der Waals surface area contributed by atoms with E-state index in [1.54, 1.807) is 4.68 Å². The van der Waals surface area contributed by atoms with Crippen LogP contribution in [0.15, 0.2) is 68.7 Å². The zero-order valence-electron chi connectivity index (χ0n) is 16.8. The van der Waals surface area contributed by atoms with Gasteiger partial charge in [-0.05, 0) is 36.4 Å². The van der Waals surface area contributed by atoms with Crippen LogP contribution in [0.3, 0.4) is 0 Å². The fraction of sp³-hybridized carbons (Fsp3) is 0.143. The average molecular weight is 431 g/mol. The molecule has 5 rings (SSSR count). The first kappa shape index (κ1) is 19.2. The first-order valence-electron chi connectivity index (χ1n) is 9.51. The van der Waals surface area contributed by atoms with E-state index in [0.29, 0.717) is 39.7 Å². The molecule has 0 aliphatic rings. The van der Waals surface area contributed by atoms with Crippen molar-refractivity contribution in [1.29, 1.82) is 0 Å². The molecular weight excluding hydrogens is 414 g/mol. The number of aryl methyl sites for hydroxylation is 2. The first-order chi connectivity index (χ1) is 15.2. The Morgan fingerprint density at radius 3 is 2.55 bits per heavy atom. The standard InChI is InChI=1S/C21H17N7O2S/c1-13-8-10-16(11-9-13)28-21(24-26-27-28)31-12-17-22-23-20(29-17)18-14(2)30-25-19(18)15-6-4-3-5-7-15/h3-11H,12H2,1-2H3. The van der Waals surface area contributed by atoms with Crippen LogP contribution in [0.4, 0.5) is 0 Å². The molecule has 10 heteroatoms. The summed E-state index contributed by atoms with van der Waals surface area (Å²) < 4.78 is 13.0. The SMILES string of the molecule is Cc1ccc(-n2nnnc2SCc2nnc(-c3c(-c4ccccc4)noc3C)o2)cc1. The molecule has 9 nitrogen and oxygen atoms in total. The summed E-state index contributed by atoms with van der Waals surface area (Å²) in [5, 5.41) is 25.2. The van der Waals surface area contributed by atoms with Crippen molar-refractivity contribution >= 4 is 11.8 Å². The van der Waals surface area contributed by atoms with Crippen LogP contribution in [0, 0.1) is 13.8 Å². The Morgan fingerprint density at radius 1 is 0.935 bits per heavy atom. The minimum atomic E-state index is 0.367. The third-order valence-corrected chi connectivity index (χ3v) is 5.54. The molecule has 154 valence electrons. The van der Waals surface area contributed by atoms with Crippen molar-refractivity contribution in [3.05, 3.63) is 71.8 Å². The summed E-state index contributed by atoms with van der Waals surface area (Å²) in [6, 6.07) is 17.7. The second-order valence-electron chi connectivity index (χ2n) is 6.83. The quantitative estimate of drug-likeness (QED) is 0.364. The summed E-state index contributed by atoms with van der Waals surface area (Å²) in [7, 11) is 0. The van der Waals surface area contributed by atoms with Gasteiger partial charge < -0.3 is 8.94 Å². The van der Waals surface area contributed by atoms with Crippen LogP contribution in [-0.4, -0.2) is 35.6 Å². The number of hydrogen-bond acceptors (Lipinski definition) is 9. The predicted octanol–water partition coefficient (Wildman–Crippen LogP) is 4.28. The second kappa shape index (κ2) is 8.15. The number of aromatic nitrogens is 7. The van der Waals surface area contributed by atoms with Gasteiger partial charge in [0.25, 0.3) is 5.89 Å². The van der Waals surface area contributed by atoms with Crippen molar-refractivity contribution < 1.29 is 8.94 Å². The Hall–Kier alpha value is -3.79. The summed E-state index contributed by atoms with van der Waals surface area (Å²) in [5.74, 6) is 1.86. The maximum atomic E-state index is 5.91. The van der Waals surface area contributed by atoms with Gasteiger partial charge in [0, 0.05) is 5.56 Å². The van der Waals surface area contributed by atoms with E-state index in [1.165, 1.54) is 17.3 Å². The Balaban J connectivity index is 1.36. The van der Waals surface area contributed by atoms with E-state index >= 15 is 0 Å². The third-order valence-electron chi connectivity index (χ3n) is 4.63. The lowest BCUT2D eigenvalue weighted by atomic mass is 10.1. The van der Waals surface area contributed by atoms with Gasteiger partial charge in [-0.15, -0.1) is 15.3 Å². The normalized spacial score (nSPS) is 11.2. The fourth-order valence-electron chi connectivity index (χ4n) is 3.07. The molecule has 3 heterocycles. The molecule has 0 aliphatic heterocycles. The molecular formula is C21H17N7O2S. The predicted molar refractivity (Wildman–Crippen MR) is 113 cm³/mol. The van der Waals surface area contributed by atoms with E-state index < -0.39 is 0 Å². The van der Waals surface area contributed by atoms with Gasteiger partial charge in [-0.1, -0.05) is 64.9 Å². The molecule has 0 bridgehead atoms. The van der Waals surface area contributed by atoms with Crippen molar-refractivity contribution in [3.63, 3.8) is 0 Å². The van der Waals surface area contributed by atoms with E-state index in [-0.39, 0.29) is 0 Å². The Kier molecular flexibility index (Phi) is 5.04. The van der Waals surface area contributed by atoms with E-state index in [0.717, 1.165) is 11.3 Å². The highest BCUT2D eigenvalue weighted by Crippen LogP contribution is 2.34. The van der Waals surface area contributed by atoms with E-state index in [1.807, 2.05) is 68.4 Å². The molecule has 0 radical (unpaired) electrons. The molecule has 2 aromatic carbocycles. The van der Waals surface area contributed by atoms with Crippen LogP contribution in [0.5, 0.6) is 0 Å². The van der Waals surface area contributed by atoms with Crippen LogP contribution in [-0.2, 0) is 5.75 Å². The van der Waals surface area contributed by atoms with Crippen molar-refractivity contribution in [1.82, 2.24) is 35.6 Å². The average Bonchev–Trinajstić information content (AvgIpc) is 3.53. The van der Waals surface area contributed by atoms with Crippen LogP contribution < -0.4 is 0 Å². The zero-order chi connectivity index (χ0) is 21.2. The van der Waals surface area contributed by atoms with Crippen molar-refractivity contribution in [2.75, 3.05) is 0 Å². The van der Waals surface area contributed by atoms with Crippen LogP contribution in [0.25, 0.3) is 28.4 Å². The lowest BCUT2D eigenvalue weighted by molar-refractivity contribution is 0.399. The monoisotopic (exact) mass is 431 g/mol. The lowest BCUT2D eigenvalue weighted by Gasteiger charge is -2.03. The van der Waals surface area contributed by atoms with E-state index in [2.05, 4.69) is 30.9 Å². The number of rotatable bonds is 6. The minimum absolute atomic E-state index is 0.367. The van der Waals surface area contributed by atoms with Gasteiger partial charge in [0.15, 0.2) is 0 Å². The number of thioether (sulfide) groups is 1. The smallest absolute Gasteiger partial charge is 0.253 e. The molecule has 3 aromatic heterocycles. The van der Waals surface area contributed by atoms with Crippen LogP contribution >= 0.6 is 11.8 Å². The molecule has 0 unspecified atom stereocenters. The third kappa shape index (κ3) is 3.84. The van der Waals surface area contributed by atoms with Crippen LogP contribution in [0.2, 0.25) is 0 Å². The van der Waals surface area contributed by atoms with E-state index in [9.17, 15) is 0 Å². The molecule has 0 fully saturated rings. The largest absolute Gasteiger partial charge is 0.420 e. The van der Waals surface area contributed by atoms with Crippen LogP contribution in [0.1, 0.15) is 17.2 Å². The van der Waals surface area contributed by atoms with Gasteiger partial charge in [0.1, 0.15) is 17.0 Å². The zero-order valence-corrected chi connectivity index (χ0v) is 17.6. The summed E-state index contributed by atoms with van der Waals surface area (Å²) in [5.41, 5.74) is 4.34. The van der Waals surface area contributed by atoms with Crippen molar-refractivity contribution in [3.8, 4) is 28.4 Å². The Morgan fingerprint density at radius 2 is 1.74 bits per heavy atom.